The first kappa shape index (κ1) is 17.1. The molecule has 0 aliphatic carbocycles. The second-order valence-electron chi connectivity index (χ2n) is 4.00. The van der Waals surface area contributed by atoms with Gasteiger partial charge >= 0.3 is 17.9 Å². The number of ether oxygens (including phenoxy) is 3. The zero-order valence-electron chi connectivity index (χ0n) is 12.0. The molecule has 0 saturated heterocycles. The summed E-state index contributed by atoms with van der Waals surface area (Å²) < 4.78 is 13.5. The highest BCUT2D eigenvalue weighted by molar-refractivity contribution is 6.04. The van der Waals surface area contributed by atoms with Crippen molar-refractivity contribution in [2.75, 3.05) is 21.3 Å². The lowest BCUT2D eigenvalue weighted by atomic mass is 9.93. The Balaban J connectivity index is 3.54. The van der Waals surface area contributed by atoms with E-state index in [4.69, 9.17) is 0 Å². The molecule has 0 N–H and O–H groups in total. The normalized spacial score (nSPS) is 10.0. The predicted molar refractivity (Wildman–Crippen MR) is 71.2 cm³/mol. The predicted octanol–water partition coefficient (Wildman–Crippen LogP) is 0.811. The van der Waals surface area contributed by atoms with Crippen LogP contribution in [-0.4, -0.2) is 44.2 Å². The van der Waals surface area contributed by atoms with E-state index >= 15 is 0 Å². The molecule has 0 heterocycles. The number of nitrogens with zero attached hydrogens (tertiary/aromatic N) is 1. The Hall–Kier alpha value is -2.97. The van der Waals surface area contributed by atoms with Gasteiger partial charge in [-0.25, -0.2) is 4.79 Å². The minimum absolute atomic E-state index is 0.101. The summed E-state index contributed by atoms with van der Waals surface area (Å²) in [6.45, 7) is 0. The summed E-state index contributed by atoms with van der Waals surface area (Å²) in [6, 6.07) is 3.09. The van der Waals surface area contributed by atoms with Gasteiger partial charge in [-0.1, -0.05) is 0 Å². The molecule has 0 fully saturated rings. The molecule has 9 heteroatoms. The molecule has 0 amide bonds. The average molecular weight is 311 g/mol. The van der Waals surface area contributed by atoms with E-state index in [1.807, 2.05) is 0 Å². The first-order valence-electron chi connectivity index (χ1n) is 5.89. The van der Waals surface area contributed by atoms with E-state index < -0.39 is 34.4 Å². The number of rotatable bonds is 5. The molecule has 0 bridgehead atoms. The highest BCUT2D eigenvalue weighted by Gasteiger charge is 2.35. The maximum Gasteiger partial charge on any atom is 0.338 e. The number of non-ortho nitro benzene ring substituents is 1. The largest absolute Gasteiger partial charge is 0.468 e. The quantitative estimate of drug-likeness (QED) is 0.257. The Labute approximate surface area is 124 Å². The van der Waals surface area contributed by atoms with Crippen LogP contribution in [0.1, 0.15) is 21.8 Å². The average Bonchev–Trinajstić information content (AvgIpc) is 2.53. The number of hydrogen-bond acceptors (Lipinski definition) is 8. The second-order valence-corrected chi connectivity index (χ2v) is 4.00. The smallest absolute Gasteiger partial charge is 0.338 e. The maximum atomic E-state index is 11.8. The third-order valence-electron chi connectivity index (χ3n) is 2.84. The number of nitro benzene ring substituents is 1. The SMILES string of the molecule is COC(=O)c1cc([N+](=O)[O-])ccc1C(C(=O)OC)C(=O)OC. The molecule has 0 spiro atoms. The topological polar surface area (TPSA) is 122 Å². The maximum absolute atomic E-state index is 11.8. The summed E-state index contributed by atoms with van der Waals surface area (Å²) in [7, 11) is 3.18. The van der Waals surface area contributed by atoms with Gasteiger partial charge in [0, 0.05) is 12.1 Å². The zero-order chi connectivity index (χ0) is 16.9. The molecule has 0 atom stereocenters. The summed E-state index contributed by atoms with van der Waals surface area (Å²) in [5.74, 6) is -4.42. The van der Waals surface area contributed by atoms with E-state index in [-0.39, 0.29) is 11.1 Å². The van der Waals surface area contributed by atoms with Crippen LogP contribution in [0.5, 0.6) is 0 Å². The molecule has 1 aromatic carbocycles. The summed E-state index contributed by atoms with van der Waals surface area (Å²) in [5, 5.41) is 10.8. The van der Waals surface area contributed by atoms with E-state index in [1.54, 1.807) is 0 Å². The number of nitro groups is 1. The zero-order valence-corrected chi connectivity index (χ0v) is 12.0. The molecule has 118 valence electrons. The number of methoxy groups -OCH3 is 3. The van der Waals surface area contributed by atoms with Gasteiger partial charge in [0.15, 0.2) is 5.92 Å². The van der Waals surface area contributed by atoms with Crippen LogP contribution in [0.25, 0.3) is 0 Å². The fourth-order valence-electron chi connectivity index (χ4n) is 1.78. The molecular formula is C13H13NO8. The van der Waals surface area contributed by atoms with Gasteiger partial charge in [0.2, 0.25) is 0 Å². The molecule has 0 aromatic heterocycles. The third-order valence-corrected chi connectivity index (χ3v) is 2.84. The minimum Gasteiger partial charge on any atom is -0.468 e. The van der Waals surface area contributed by atoms with Crippen LogP contribution in [0.4, 0.5) is 5.69 Å². The lowest BCUT2D eigenvalue weighted by Gasteiger charge is -2.15. The molecule has 0 unspecified atom stereocenters. The Kier molecular flexibility index (Phi) is 5.56. The minimum atomic E-state index is -1.55. The van der Waals surface area contributed by atoms with Gasteiger partial charge in [-0.05, 0) is 11.6 Å². The van der Waals surface area contributed by atoms with Gasteiger partial charge in [-0.15, -0.1) is 0 Å². The Morgan fingerprint density at radius 3 is 2.00 bits per heavy atom. The Bertz CT molecular complexity index is 608. The Morgan fingerprint density at radius 2 is 1.59 bits per heavy atom. The number of hydrogen-bond donors (Lipinski definition) is 0. The van der Waals surface area contributed by atoms with Crippen LogP contribution in [0.15, 0.2) is 18.2 Å². The lowest BCUT2D eigenvalue weighted by molar-refractivity contribution is -0.384. The molecule has 22 heavy (non-hydrogen) atoms. The number of carbonyl (C=O) groups is 3. The van der Waals surface area contributed by atoms with Crippen molar-refractivity contribution in [3.05, 3.63) is 39.4 Å². The van der Waals surface area contributed by atoms with Crippen molar-refractivity contribution in [1.82, 2.24) is 0 Å². The van der Waals surface area contributed by atoms with Gasteiger partial charge in [-0.3, -0.25) is 19.7 Å². The number of benzene rings is 1. The van der Waals surface area contributed by atoms with Gasteiger partial charge in [0.1, 0.15) is 0 Å². The van der Waals surface area contributed by atoms with Gasteiger partial charge in [0.25, 0.3) is 5.69 Å². The first-order valence-corrected chi connectivity index (χ1v) is 5.89. The van der Waals surface area contributed by atoms with Crippen molar-refractivity contribution in [3.63, 3.8) is 0 Å². The van der Waals surface area contributed by atoms with Crippen molar-refractivity contribution in [1.29, 1.82) is 0 Å². The van der Waals surface area contributed by atoms with Crippen molar-refractivity contribution >= 4 is 23.6 Å². The molecule has 0 saturated carbocycles. The standard InChI is InChI=1S/C13H13NO8/c1-20-11(15)9-6-7(14(18)19)4-5-8(9)10(12(16)21-2)13(17)22-3/h4-6,10H,1-3H3. The fourth-order valence-corrected chi connectivity index (χ4v) is 1.78. The van der Waals surface area contributed by atoms with Gasteiger partial charge in [0.05, 0.1) is 31.8 Å². The highest BCUT2D eigenvalue weighted by atomic mass is 16.6. The van der Waals surface area contributed by atoms with Crippen molar-refractivity contribution in [2.24, 2.45) is 0 Å². The number of esters is 3. The first-order chi connectivity index (χ1) is 10.4. The van der Waals surface area contributed by atoms with Crippen molar-refractivity contribution in [2.45, 2.75) is 5.92 Å². The molecular weight excluding hydrogens is 298 g/mol. The van der Waals surface area contributed by atoms with Crippen molar-refractivity contribution in [3.8, 4) is 0 Å². The Morgan fingerprint density at radius 1 is 1.05 bits per heavy atom. The highest BCUT2D eigenvalue weighted by Crippen LogP contribution is 2.27. The molecule has 0 aliphatic rings. The van der Waals surface area contributed by atoms with Crippen LogP contribution in [-0.2, 0) is 23.8 Å². The van der Waals surface area contributed by atoms with Crippen molar-refractivity contribution < 1.29 is 33.5 Å². The van der Waals surface area contributed by atoms with E-state index in [2.05, 4.69) is 14.2 Å². The summed E-state index contributed by atoms with van der Waals surface area (Å²) in [6.07, 6.45) is 0. The summed E-state index contributed by atoms with van der Waals surface area (Å²) in [4.78, 5) is 45.4. The van der Waals surface area contributed by atoms with E-state index in [1.165, 1.54) is 0 Å². The van der Waals surface area contributed by atoms with Crippen LogP contribution < -0.4 is 0 Å². The third kappa shape index (κ3) is 3.37. The molecule has 9 nitrogen and oxygen atoms in total. The number of carbonyl (C=O) groups excluding carboxylic acids is 3. The van der Waals surface area contributed by atoms with E-state index in [0.717, 1.165) is 39.5 Å². The van der Waals surface area contributed by atoms with Crippen LogP contribution in [0.3, 0.4) is 0 Å². The van der Waals surface area contributed by atoms with Crippen LogP contribution in [0, 0.1) is 10.1 Å². The van der Waals surface area contributed by atoms with Crippen LogP contribution in [0.2, 0.25) is 0 Å². The molecule has 0 aliphatic heterocycles. The summed E-state index contributed by atoms with van der Waals surface area (Å²) in [5.41, 5.74) is -0.786. The second kappa shape index (κ2) is 7.16. The lowest BCUT2D eigenvalue weighted by Crippen LogP contribution is -2.26. The van der Waals surface area contributed by atoms with Gasteiger partial charge < -0.3 is 14.2 Å². The molecule has 1 aromatic rings. The summed E-state index contributed by atoms with van der Waals surface area (Å²) >= 11 is 0. The molecule has 0 radical (unpaired) electrons. The van der Waals surface area contributed by atoms with Gasteiger partial charge in [-0.2, -0.15) is 0 Å². The fraction of sp³-hybridized carbons (Fsp3) is 0.308. The molecule has 1 rings (SSSR count). The van der Waals surface area contributed by atoms with E-state index in [9.17, 15) is 24.5 Å². The van der Waals surface area contributed by atoms with E-state index in [0.29, 0.717) is 0 Å². The van der Waals surface area contributed by atoms with Crippen LogP contribution >= 0.6 is 0 Å². The monoisotopic (exact) mass is 311 g/mol.